The Morgan fingerprint density at radius 3 is 1.81 bits per heavy atom. The minimum absolute atomic E-state index is 0.0505. The first kappa shape index (κ1) is 32.1. The van der Waals surface area contributed by atoms with Gasteiger partial charge in [0, 0.05) is 0 Å². The Balaban J connectivity index is 2.08. The minimum atomic E-state index is -6.46. The second-order valence-electron chi connectivity index (χ2n) is 8.75. The Morgan fingerprint density at radius 1 is 0.784 bits per heavy atom. The van der Waals surface area contributed by atoms with Gasteiger partial charge in [-0.3, -0.25) is 0 Å². The molecule has 0 atom stereocenters. The number of unbranched alkanes of at least 4 members (excludes halogenated alkanes) is 9. The number of hydrogen-bond donors (Lipinski definition) is 0. The molecule has 0 heterocycles. The van der Waals surface area contributed by atoms with E-state index in [1.165, 1.54) is 63.1 Å². The third-order valence-corrected chi connectivity index (χ3v) is 14.5. The van der Waals surface area contributed by atoms with E-state index in [1.54, 1.807) is 12.1 Å². The zero-order valence-electron chi connectivity index (χ0n) is 20.7. The second kappa shape index (κ2) is 14.9. The van der Waals surface area contributed by atoms with E-state index >= 15 is 0 Å². The van der Waals surface area contributed by atoms with Crippen LogP contribution < -0.4 is 5.19 Å². The van der Waals surface area contributed by atoms with Crippen molar-refractivity contribution in [2.75, 3.05) is 0 Å². The van der Waals surface area contributed by atoms with E-state index in [-0.39, 0.29) is 3.57 Å². The molecule has 0 fully saturated rings. The molecule has 2 aromatic carbocycles. The molecular formula is C25H33F6IO3SSi. The summed E-state index contributed by atoms with van der Waals surface area (Å²) in [5, 5.41) is -1.06. The number of rotatable bonds is 16. The maximum absolute atomic E-state index is 13.7. The molecule has 0 aliphatic rings. The molecule has 0 saturated carbocycles. The second-order valence-corrected chi connectivity index (χ2v) is 16.7. The first-order chi connectivity index (χ1) is 17.4. The van der Waals surface area contributed by atoms with E-state index < -0.39 is 53.7 Å². The summed E-state index contributed by atoms with van der Waals surface area (Å²) in [6.07, 6.45) is 12.5. The fourth-order valence-electron chi connectivity index (χ4n) is 3.73. The number of hydrogen-bond acceptors (Lipinski definition) is 3. The number of alkyl halides is 3. The van der Waals surface area contributed by atoms with Gasteiger partial charge in [0.25, 0.3) is 0 Å². The van der Waals surface area contributed by atoms with Gasteiger partial charge in [-0.1, -0.05) is 26.2 Å². The van der Waals surface area contributed by atoms with Crippen LogP contribution in [0.1, 0.15) is 76.7 Å². The van der Waals surface area contributed by atoms with E-state index in [1.807, 2.05) is 0 Å². The molecule has 210 valence electrons. The Bertz CT molecular complexity index is 1060. The van der Waals surface area contributed by atoms with Crippen molar-refractivity contribution < 1.29 is 36.4 Å². The first-order valence-electron chi connectivity index (χ1n) is 12.3. The first-order valence-corrected chi connectivity index (χ1v) is 18.4. The maximum atomic E-state index is 13.7. The third kappa shape index (κ3) is 10.5. The molecule has 0 spiro atoms. The van der Waals surface area contributed by atoms with Gasteiger partial charge in [-0.15, -0.1) is 0 Å². The number of aryl methyl sites for hydroxylation is 1. The molecule has 37 heavy (non-hydrogen) atoms. The quantitative estimate of drug-likeness (QED) is 0.0446. The van der Waals surface area contributed by atoms with Gasteiger partial charge >= 0.3 is 199 Å². The van der Waals surface area contributed by atoms with Gasteiger partial charge in [-0.05, 0) is 0 Å². The van der Waals surface area contributed by atoms with Gasteiger partial charge in [0.1, 0.15) is 0 Å². The topological polar surface area (TPSA) is 43.4 Å². The predicted molar refractivity (Wildman–Crippen MR) is 145 cm³/mol. The van der Waals surface area contributed by atoms with Gasteiger partial charge in [-0.2, -0.15) is 0 Å². The summed E-state index contributed by atoms with van der Waals surface area (Å²) in [4.78, 5) is 0. The Hall–Kier alpha value is -1.12. The molecule has 0 N–H and O–H groups in total. The van der Waals surface area contributed by atoms with Crippen LogP contribution in [0.4, 0.5) is 25.5 Å². The standard InChI is InChI=1S/C25H33F6IO3SSi/c1-2-3-4-5-6-7-8-9-10-11-14-21-17-19-22(20-18-21)32(35-36(33,34)25(26,27)28)23-15-12-13-16-24(23)37(29,30)31/h12-13,15-20H,2-11,14H2,1H3. The van der Waals surface area contributed by atoms with E-state index in [2.05, 4.69) is 9.44 Å². The van der Waals surface area contributed by atoms with Gasteiger partial charge in [-0.25, -0.2) is 0 Å². The van der Waals surface area contributed by atoms with Crippen LogP contribution in [0, 0.1) is 7.14 Å². The molecule has 0 unspecified atom stereocenters. The zero-order valence-corrected chi connectivity index (χ0v) is 24.6. The summed E-state index contributed by atoms with van der Waals surface area (Å²) in [5.74, 6) is 0. The third-order valence-electron chi connectivity index (χ3n) is 5.72. The molecule has 2 aromatic rings. The van der Waals surface area contributed by atoms with Crippen molar-refractivity contribution in [1.29, 1.82) is 0 Å². The SMILES string of the molecule is CCCCCCCCCCCCc1ccc(I(OS(=O)(=O)C(F)(F)F)c2ccccc2[Si](F)(F)F)cc1. The van der Waals surface area contributed by atoms with Gasteiger partial charge < -0.3 is 0 Å². The summed E-state index contributed by atoms with van der Waals surface area (Å²) < 4.78 is 108. The average molecular weight is 683 g/mol. The molecule has 2 rings (SSSR count). The van der Waals surface area contributed by atoms with Crippen LogP contribution in [0.15, 0.2) is 48.5 Å². The van der Waals surface area contributed by atoms with Crippen molar-refractivity contribution in [2.24, 2.45) is 0 Å². The average Bonchev–Trinajstić information content (AvgIpc) is 2.83. The van der Waals surface area contributed by atoms with Crippen LogP contribution in [0.5, 0.6) is 0 Å². The molecule has 0 aliphatic carbocycles. The van der Waals surface area contributed by atoms with Crippen LogP contribution in [-0.2, 0) is 19.1 Å². The van der Waals surface area contributed by atoms with E-state index in [9.17, 15) is 33.9 Å². The summed E-state index contributed by atoms with van der Waals surface area (Å²) in [7, 11) is -12.5. The summed E-state index contributed by atoms with van der Waals surface area (Å²) in [6, 6.07) is 10.2. The predicted octanol–water partition coefficient (Wildman–Crippen LogP) is 8.53. The fraction of sp³-hybridized carbons (Fsp3) is 0.520. The summed E-state index contributed by atoms with van der Waals surface area (Å²) in [6.45, 7) is 2.19. The van der Waals surface area contributed by atoms with Crippen molar-refractivity contribution >= 4 is 44.6 Å². The molecule has 0 aromatic heterocycles. The Morgan fingerprint density at radius 2 is 1.30 bits per heavy atom. The van der Waals surface area contributed by atoms with Crippen LogP contribution in [0.3, 0.4) is 0 Å². The summed E-state index contributed by atoms with van der Waals surface area (Å²) >= 11 is -4.12. The van der Waals surface area contributed by atoms with Crippen molar-refractivity contribution in [3.8, 4) is 0 Å². The van der Waals surface area contributed by atoms with Crippen LogP contribution in [-0.4, -0.2) is 23.0 Å². The molecule has 0 radical (unpaired) electrons. The molecule has 0 saturated heterocycles. The van der Waals surface area contributed by atoms with E-state index in [0.29, 0.717) is 0 Å². The molecule has 12 heteroatoms. The molecule has 0 amide bonds. The van der Waals surface area contributed by atoms with Gasteiger partial charge in [0.2, 0.25) is 0 Å². The van der Waals surface area contributed by atoms with Crippen LogP contribution in [0.25, 0.3) is 0 Å². The number of benzene rings is 2. The zero-order chi connectivity index (χ0) is 27.5. The van der Waals surface area contributed by atoms with Crippen LogP contribution >= 0.6 is 20.2 Å². The van der Waals surface area contributed by atoms with Crippen molar-refractivity contribution in [1.82, 2.24) is 0 Å². The molecule has 0 bridgehead atoms. The fourth-order valence-corrected chi connectivity index (χ4v) is 12.4. The van der Waals surface area contributed by atoms with Crippen molar-refractivity contribution in [3.05, 3.63) is 61.2 Å². The van der Waals surface area contributed by atoms with E-state index in [0.717, 1.165) is 49.4 Å². The monoisotopic (exact) mass is 682 g/mol. The Labute approximate surface area is 224 Å². The normalized spacial score (nSPS) is 13.1. The van der Waals surface area contributed by atoms with Crippen molar-refractivity contribution in [3.63, 3.8) is 0 Å². The summed E-state index contributed by atoms with van der Waals surface area (Å²) in [5.41, 5.74) is -4.85. The number of halogens is 7. The van der Waals surface area contributed by atoms with Crippen LogP contribution in [0.2, 0.25) is 0 Å². The van der Waals surface area contributed by atoms with Gasteiger partial charge in [0.15, 0.2) is 0 Å². The molecular weight excluding hydrogens is 649 g/mol. The van der Waals surface area contributed by atoms with Crippen molar-refractivity contribution in [2.45, 2.75) is 83.1 Å². The van der Waals surface area contributed by atoms with Gasteiger partial charge in [0.05, 0.1) is 0 Å². The van der Waals surface area contributed by atoms with E-state index in [4.69, 9.17) is 0 Å². The molecule has 3 nitrogen and oxygen atoms in total. The Kier molecular flexibility index (Phi) is 12.9. The molecule has 0 aliphatic heterocycles.